The highest BCUT2D eigenvalue weighted by atomic mass is 15.0. The van der Waals surface area contributed by atoms with E-state index in [-0.39, 0.29) is 12.0 Å². The number of nitrogens with zero attached hydrogens (tertiary/aromatic N) is 2. The van der Waals surface area contributed by atoms with Crippen molar-refractivity contribution in [1.29, 1.82) is 0 Å². The lowest BCUT2D eigenvalue weighted by Crippen LogP contribution is -2.29. The third-order valence-corrected chi connectivity index (χ3v) is 8.75. The number of hydrogen-bond acceptors (Lipinski definition) is 1. The van der Waals surface area contributed by atoms with Crippen LogP contribution in [-0.4, -0.2) is 16.8 Å². The summed E-state index contributed by atoms with van der Waals surface area (Å²) < 4.78 is 2.38. The number of benzene rings is 3. The maximum absolute atomic E-state index is 4.85. The highest BCUT2D eigenvalue weighted by Crippen LogP contribution is 2.51. The van der Waals surface area contributed by atoms with Crippen molar-refractivity contribution in [2.24, 2.45) is 10.9 Å². The molecule has 1 aromatic heterocycles. The Morgan fingerprint density at radius 1 is 0.692 bits per heavy atom. The van der Waals surface area contributed by atoms with Crippen molar-refractivity contribution in [1.82, 2.24) is 4.57 Å². The zero-order valence-electron chi connectivity index (χ0n) is 21.3. The van der Waals surface area contributed by atoms with Crippen LogP contribution in [0.15, 0.2) is 166 Å². The van der Waals surface area contributed by atoms with Crippen LogP contribution in [0.4, 0.5) is 0 Å². The first-order valence-electron chi connectivity index (χ1n) is 13.6. The van der Waals surface area contributed by atoms with Gasteiger partial charge in [0.15, 0.2) is 0 Å². The number of aromatic nitrogens is 1. The first-order chi connectivity index (χ1) is 19.3. The smallest absolute Gasteiger partial charge is 0.100 e. The maximum atomic E-state index is 4.85. The summed E-state index contributed by atoms with van der Waals surface area (Å²) in [5.41, 5.74) is 14.3. The molecule has 0 fully saturated rings. The van der Waals surface area contributed by atoms with Gasteiger partial charge in [-0.3, -0.25) is 4.99 Å². The molecule has 5 aliphatic rings. The van der Waals surface area contributed by atoms with Crippen LogP contribution < -0.4 is 0 Å². The fourth-order valence-electron chi connectivity index (χ4n) is 7.07. The largest absolute Gasteiger partial charge is 0.309 e. The van der Waals surface area contributed by atoms with Crippen LogP contribution in [-0.2, 0) is 0 Å². The van der Waals surface area contributed by atoms with E-state index in [1.165, 1.54) is 72.1 Å². The summed E-state index contributed by atoms with van der Waals surface area (Å²) in [5, 5.41) is 2.57. The Balaban J connectivity index is 1.24. The van der Waals surface area contributed by atoms with Gasteiger partial charge in [-0.2, -0.15) is 0 Å². The number of rotatable bonds is 2. The average molecular weight is 497 g/mol. The third kappa shape index (κ3) is 2.89. The minimum absolute atomic E-state index is 0.106. The van der Waals surface area contributed by atoms with E-state index < -0.39 is 0 Å². The van der Waals surface area contributed by atoms with Gasteiger partial charge in [-0.25, -0.2) is 0 Å². The van der Waals surface area contributed by atoms with E-state index in [0.29, 0.717) is 0 Å². The fourth-order valence-corrected chi connectivity index (χ4v) is 7.07. The zero-order valence-corrected chi connectivity index (χ0v) is 21.3. The van der Waals surface area contributed by atoms with Gasteiger partial charge in [-0.1, -0.05) is 85.0 Å². The van der Waals surface area contributed by atoms with Crippen molar-refractivity contribution in [3.63, 3.8) is 0 Å². The second-order valence-corrected chi connectivity index (χ2v) is 10.8. The van der Waals surface area contributed by atoms with Gasteiger partial charge in [0, 0.05) is 28.6 Å². The summed E-state index contributed by atoms with van der Waals surface area (Å²) in [6, 6.07) is 26.5. The number of para-hydroxylation sites is 2. The van der Waals surface area contributed by atoms with Gasteiger partial charge in [0.2, 0.25) is 0 Å². The number of dihydropyridines is 1. The standard InChI is InChI=1S/C37H24N2/c1-2-8-27(9-3-1)39-33-11-5-4-10-29(33)32-22-24(15-19-34(32)39)28-16-12-23-13-18-31-36-25(14-17-30(28)35(23)36)21-26-7-6-20-38-37(26)31/h1-22,35,37H. The number of fused-ring (bicyclic) bond motifs is 5. The van der Waals surface area contributed by atoms with E-state index in [2.05, 4.69) is 126 Å². The van der Waals surface area contributed by atoms with Crippen LogP contribution in [0.3, 0.4) is 0 Å². The molecule has 0 bridgehead atoms. The second-order valence-electron chi connectivity index (χ2n) is 10.8. The lowest BCUT2D eigenvalue weighted by Gasteiger charge is -2.39. The van der Waals surface area contributed by atoms with E-state index in [1.807, 2.05) is 12.3 Å². The third-order valence-electron chi connectivity index (χ3n) is 8.75. The molecule has 4 aliphatic carbocycles. The predicted octanol–water partition coefficient (Wildman–Crippen LogP) is 8.41. The highest BCUT2D eigenvalue weighted by molar-refractivity contribution is 6.10. The predicted molar refractivity (Wildman–Crippen MR) is 162 cm³/mol. The van der Waals surface area contributed by atoms with Crippen LogP contribution >= 0.6 is 0 Å². The first kappa shape index (κ1) is 21.0. The van der Waals surface area contributed by atoms with E-state index in [4.69, 9.17) is 4.99 Å². The Kier molecular flexibility index (Phi) is 4.20. The Hall–Kier alpha value is -4.95. The fraction of sp³-hybridized carbons (Fsp3) is 0.0541. The van der Waals surface area contributed by atoms with Crippen LogP contribution in [0.1, 0.15) is 5.56 Å². The molecule has 2 atom stereocenters. The number of hydrogen-bond donors (Lipinski definition) is 0. The Morgan fingerprint density at radius 2 is 1.56 bits per heavy atom. The SMILES string of the molecule is C1=CC2=CC3=C4C(=CC=C5C=CC(c6ccc7c(c6)c6ccccc6n7-c6ccccc6)=C(C=C3)C54)C2N=C1. The summed E-state index contributed by atoms with van der Waals surface area (Å²) in [4.78, 5) is 4.85. The summed E-state index contributed by atoms with van der Waals surface area (Å²) in [5.74, 6) is 0.255. The summed E-state index contributed by atoms with van der Waals surface area (Å²) in [6.45, 7) is 0. The minimum atomic E-state index is 0.106. The molecule has 0 radical (unpaired) electrons. The van der Waals surface area contributed by atoms with Crippen molar-refractivity contribution in [2.45, 2.75) is 6.04 Å². The molecule has 2 nitrogen and oxygen atoms in total. The van der Waals surface area contributed by atoms with Crippen molar-refractivity contribution in [3.8, 4) is 5.69 Å². The van der Waals surface area contributed by atoms with Crippen LogP contribution in [0, 0.1) is 5.92 Å². The van der Waals surface area contributed by atoms with Crippen LogP contribution in [0.25, 0.3) is 33.1 Å². The lowest BCUT2D eigenvalue weighted by molar-refractivity contribution is 0.786. The van der Waals surface area contributed by atoms with E-state index in [1.54, 1.807) is 0 Å². The summed E-state index contributed by atoms with van der Waals surface area (Å²) >= 11 is 0. The molecule has 0 amide bonds. The van der Waals surface area contributed by atoms with Gasteiger partial charge in [-0.05, 0) is 87.1 Å². The molecule has 0 saturated heterocycles. The van der Waals surface area contributed by atoms with Crippen molar-refractivity contribution in [3.05, 3.63) is 166 Å². The van der Waals surface area contributed by atoms with Gasteiger partial charge >= 0.3 is 0 Å². The lowest BCUT2D eigenvalue weighted by atomic mass is 9.65. The van der Waals surface area contributed by atoms with Crippen molar-refractivity contribution < 1.29 is 0 Å². The molecule has 0 spiro atoms. The molecule has 0 N–H and O–H groups in total. The first-order valence-corrected chi connectivity index (χ1v) is 13.6. The van der Waals surface area contributed by atoms with Gasteiger partial charge in [-0.15, -0.1) is 0 Å². The monoisotopic (exact) mass is 496 g/mol. The zero-order chi connectivity index (χ0) is 25.5. The second kappa shape index (κ2) is 7.78. The molecule has 1 aliphatic heterocycles. The molecule has 3 aromatic carbocycles. The van der Waals surface area contributed by atoms with Crippen LogP contribution in [0.2, 0.25) is 0 Å². The number of allylic oxidation sites excluding steroid dienone is 12. The Bertz CT molecular complexity index is 2040. The molecular formula is C37H24N2. The normalized spacial score (nSPS) is 22.2. The molecule has 2 heteroatoms. The molecular weight excluding hydrogens is 472 g/mol. The Morgan fingerprint density at radius 3 is 2.51 bits per heavy atom. The molecule has 39 heavy (non-hydrogen) atoms. The molecule has 4 aromatic rings. The molecule has 182 valence electrons. The molecule has 2 unspecified atom stereocenters. The minimum Gasteiger partial charge on any atom is -0.309 e. The highest BCUT2D eigenvalue weighted by Gasteiger charge is 2.38. The van der Waals surface area contributed by atoms with Crippen molar-refractivity contribution >= 4 is 33.6 Å². The maximum Gasteiger partial charge on any atom is 0.100 e. The Labute approximate surface area is 227 Å². The molecule has 9 rings (SSSR count). The quantitative estimate of drug-likeness (QED) is 0.265. The topological polar surface area (TPSA) is 17.3 Å². The van der Waals surface area contributed by atoms with Gasteiger partial charge in [0.1, 0.15) is 6.04 Å². The molecule has 2 heterocycles. The summed E-state index contributed by atoms with van der Waals surface area (Å²) in [7, 11) is 0. The van der Waals surface area contributed by atoms with E-state index in [9.17, 15) is 0 Å². The average Bonchev–Trinajstić information content (AvgIpc) is 3.33. The van der Waals surface area contributed by atoms with Crippen LogP contribution in [0.5, 0.6) is 0 Å². The van der Waals surface area contributed by atoms with E-state index in [0.717, 1.165) is 0 Å². The molecule has 0 saturated carbocycles. The van der Waals surface area contributed by atoms with Gasteiger partial charge < -0.3 is 4.57 Å². The van der Waals surface area contributed by atoms with Crippen molar-refractivity contribution in [2.75, 3.05) is 0 Å². The number of aliphatic imine (C=N–C) groups is 1. The summed E-state index contributed by atoms with van der Waals surface area (Å²) in [6.07, 6.45) is 22.4. The van der Waals surface area contributed by atoms with Gasteiger partial charge in [0.05, 0.1) is 11.0 Å². The van der Waals surface area contributed by atoms with Gasteiger partial charge in [0.25, 0.3) is 0 Å². The van der Waals surface area contributed by atoms with E-state index >= 15 is 0 Å².